The van der Waals surface area contributed by atoms with Crippen molar-refractivity contribution in [3.8, 4) is 10.6 Å². The number of fused-ring (bicyclic) bond motifs is 1. The Kier molecular flexibility index (Phi) is 7.35. The number of benzene rings is 1. The maximum Gasteiger partial charge on any atom is 0.158 e. The van der Waals surface area contributed by atoms with Crippen molar-refractivity contribution in [3.63, 3.8) is 0 Å². The van der Waals surface area contributed by atoms with E-state index in [9.17, 15) is 4.79 Å². The van der Waals surface area contributed by atoms with Crippen LogP contribution in [0.2, 0.25) is 0 Å². The van der Waals surface area contributed by atoms with Crippen molar-refractivity contribution in [2.45, 2.75) is 52.1 Å². The third-order valence-electron chi connectivity index (χ3n) is 6.47. The van der Waals surface area contributed by atoms with E-state index in [-0.39, 0.29) is 5.78 Å². The van der Waals surface area contributed by atoms with Crippen LogP contribution >= 0.6 is 11.3 Å². The molecular formula is C26H32N8OS. The first kappa shape index (κ1) is 24.5. The highest BCUT2D eigenvalue weighted by atomic mass is 32.1. The zero-order valence-corrected chi connectivity index (χ0v) is 21.8. The van der Waals surface area contributed by atoms with Crippen LogP contribution in [-0.4, -0.2) is 61.2 Å². The number of piperidine rings is 1. The Hall–Kier alpha value is -3.21. The lowest BCUT2D eigenvalue weighted by Crippen LogP contribution is -2.43. The second-order valence-corrected chi connectivity index (χ2v) is 10.7. The fourth-order valence-electron chi connectivity index (χ4n) is 4.51. The largest absolute Gasteiger partial charge is 0.338 e. The van der Waals surface area contributed by atoms with Crippen LogP contribution in [0.25, 0.3) is 16.1 Å². The first-order valence-corrected chi connectivity index (χ1v) is 13.2. The molecule has 3 aromatic heterocycles. The standard InChI is InChI=1S/C26H32N8OS/c1-17(2)25-31-32-26(36-25)19-5-4-6-22(13-19)30-24-23-20(7-12-34(23)29-16-28-24)15-33-10-8-21(9-11-33)27-14-18(3)35/h4-7,12-13,16-17,21,27H,8-11,14-15H2,1-3H3,(H,28,29,30). The summed E-state index contributed by atoms with van der Waals surface area (Å²) in [6, 6.07) is 10.7. The highest BCUT2D eigenvalue weighted by Crippen LogP contribution is 2.31. The number of nitrogens with one attached hydrogen (secondary N) is 2. The number of likely N-dealkylation sites (tertiary alicyclic amines) is 1. The molecule has 5 rings (SSSR count). The lowest BCUT2D eigenvalue weighted by Gasteiger charge is -2.32. The zero-order valence-electron chi connectivity index (χ0n) is 20.9. The summed E-state index contributed by atoms with van der Waals surface area (Å²) in [7, 11) is 0. The molecule has 1 aromatic carbocycles. The molecule has 0 saturated carbocycles. The third kappa shape index (κ3) is 5.61. The number of rotatable bonds is 9. The molecule has 188 valence electrons. The molecule has 0 aliphatic carbocycles. The van der Waals surface area contributed by atoms with Gasteiger partial charge in [-0.2, -0.15) is 5.10 Å². The van der Waals surface area contributed by atoms with Gasteiger partial charge in [0.2, 0.25) is 0 Å². The molecule has 1 fully saturated rings. The second kappa shape index (κ2) is 10.8. The van der Waals surface area contributed by atoms with E-state index in [0.29, 0.717) is 18.5 Å². The van der Waals surface area contributed by atoms with E-state index in [1.54, 1.807) is 24.6 Å². The van der Waals surface area contributed by atoms with E-state index < -0.39 is 0 Å². The third-order valence-corrected chi connectivity index (χ3v) is 7.74. The van der Waals surface area contributed by atoms with Gasteiger partial charge in [0.1, 0.15) is 27.6 Å². The Morgan fingerprint density at radius 1 is 1.19 bits per heavy atom. The average molecular weight is 505 g/mol. The molecular weight excluding hydrogens is 472 g/mol. The molecule has 4 aromatic rings. The van der Waals surface area contributed by atoms with Gasteiger partial charge in [-0.15, -0.1) is 10.2 Å². The van der Waals surface area contributed by atoms with Crippen LogP contribution < -0.4 is 10.6 Å². The molecule has 0 unspecified atom stereocenters. The first-order chi connectivity index (χ1) is 17.5. The molecule has 2 N–H and O–H groups in total. The van der Waals surface area contributed by atoms with Crippen LogP contribution in [0, 0.1) is 0 Å². The molecule has 1 aliphatic rings. The Morgan fingerprint density at radius 3 is 2.78 bits per heavy atom. The Labute approximate surface area is 215 Å². The smallest absolute Gasteiger partial charge is 0.158 e. The van der Waals surface area contributed by atoms with Crippen molar-refractivity contribution < 1.29 is 4.79 Å². The number of nitrogens with zero attached hydrogens (tertiary/aromatic N) is 6. The van der Waals surface area contributed by atoms with Gasteiger partial charge in [-0.1, -0.05) is 37.3 Å². The minimum Gasteiger partial charge on any atom is -0.338 e. The van der Waals surface area contributed by atoms with Crippen molar-refractivity contribution in [2.24, 2.45) is 0 Å². The second-order valence-electron chi connectivity index (χ2n) is 9.68. The summed E-state index contributed by atoms with van der Waals surface area (Å²) in [4.78, 5) is 18.3. The summed E-state index contributed by atoms with van der Waals surface area (Å²) in [5.41, 5.74) is 4.15. The monoisotopic (exact) mass is 504 g/mol. The quantitative estimate of drug-likeness (QED) is 0.349. The van der Waals surface area contributed by atoms with E-state index in [4.69, 9.17) is 0 Å². The van der Waals surface area contributed by atoms with E-state index in [1.807, 2.05) is 22.8 Å². The molecule has 0 radical (unpaired) electrons. The number of aromatic nitrogens is 5. The molecule has 0 atom stereocenters. The SMILES string of the molecule is CC(=O)CNC1CCN(Cc2ccn3ncnc(Nc4cccc(-c5nnc(C(C)C)s5)c4)c23)CC1. The van der Waals surface area contributed by atoms with Crippen molar-refractivity contribution in [2.75, 3.05) is 25.0 Å². The molecule has 0 bridgehead atoms. The molecule has 0 amide bonds. The number of carbonyl (C=O) groups is 1. The average Bonchev–Trinajstić information content (AvgIpc) is 3.53. The molecule has 10 heteroatoms. The van der Waals surface area contributed by atoms with Crippen molar-refractivity contribution in [1.29, 1.82) is 0 Å². The lowest BCUT2D eigenvalue weighted by molar-refractivity contribution is -0.116. The van der Waals surface area contributed by atoms with Crippen LogP contribution in [0.3, 0.4) is 0 Å². The topological polar surface area (TPSA) is 100 Å². The molecule has 1 aliphatic heterocycles. The zero-order chi connectivity index (χ0) is 25.1. The molecule has 36 heavy (non-hydrogen) atoms. The number of anilines is 2. The van der Waals surface area contributed by atoms with E-state index in [0.717, 1.165) is 65.1 Å². The van der Waals surface area contributed by atoms with Crippen LogP contribution in [0.1, 0.15) is 50.1 Å². The fourth-order valence-corrected chi connectivity index (χ4v) is 5.35. The number of carbonyl (C=O) groups excluding carboxylic acids is 1. The van der Waals surface area contributed by atoms with Gasteiger partial charge >= 0.3 is 0 Å². The van der Waals surface area contributed by atoms with E-state index in [1.165, 1.54) is 5.56 Å². The van der Waals surface area contributed by atoms with Crippen molar-refractivity contribution >= 4 is 34.1 Å². The number of ketones is 1. The van der Waals surface area contributed by atoms with Gasteiger partial charge in [0, 0.05) is 36.0 Å². The van der Waals surface area contributed by atoms with Gasteiger partial charge in [0.05, 0.1) is 6.54 Å². The van der Waals surface area contributed by atoms with Crippen molar-refractivity contribution in [1.82, 2.24) is 35.0 Å². The summed E-state index contributed by atoms with van der Waals surface area (Å²) in [6.45, 7) is 9.17. The van der Waals surface area contributed by atoms with Crippen LogP contribution in [-0.2, 0) is 11.3 Å². The maximum atomic E-state index is 11.3. The normalized spacial score (nSPS) is 15.1. The molecule has 0 spiro atoms. The number of hydrogen-bond donors (Lipinski definition) is 2. The Balaban J connectivity index is 1.31. The predicted octanol–water partition coefficient (Wildman–Crippen LogP) is 4.26. The van der Waals surface area contributed by atoms with Crippen LogP contribution in [0.4, 0.5) is 11.5 Å². The fraction of sp³-hybridized carbons (Fsp3) is 0.423. The first-order valence-electron chi connectivity index (χ1n) is 12.4. The predicted molar refractivity (Wildman–Crippen MR) is 143 cm³/mol. The summed E-state index contributed by atoms with van der Waals surface area (Å²) < 4.78 is 1.88. The summed E-state index contributed by atoms with van der Waals surface area (Å²) in [5.74, 6) is 1.33. The minimum atomic E-state index is 0.187. The number of Topliss-reactive ketones (excluding diaryl/α,β-unsaturated/α-hetero) is 1. The summed E-state index contributed by atoms with van der Waals surface area (Å²) in [5, 5.41) is 22.0. The van der Waals surface area contributed by atoms with Gasteiger partial charge in [-0.3, -0.25) is 9.69 Å². The van der Waals surface area contributed by atoms with Gasteiger partial charge in [0.15, 0.2) is 5.82 Å². The summed E-state index contributed by atoms with van der Waals surface area (Å²) in [6.07, 6.45) is 5.65. The Morgan fingerprint density at radius 2 is 2.03 bits per heavy atom. The molecule has 1 saturated heterocycles. The highest BCUT2D eigenvalue weighted by molar-refractivity contribution is 7.14. The number of hydrogen-bond acceptors (Lipinski definition) is 9. The summed E-state index contributed by atoms with van der Waals surface area (Å²) >= 11 is 1.63. The molecule has 4 heterocycles. The molecule has 9 nitrogen and oxygen atoms in total. The maximum absolute atomic E-state index is 11.3. The lowest BCUT2D eigenvalue weighted by atomic mass is 10.0. The van der Waals surface area contributed by atoms with Gasteiger partial charge in [-0.25, -0.2) is 9.50 Å². The Bertz CT molecular complexity index is 1340. The van der Waals surface area contributed by atoms with Crippen molar-refractivity contribution in [3.05, 3.63) is 53.4 Å². The highest BCUT2D eigenvalue weighted by Gasteiger charge is 2.21. The van der Waals surface area contributed by atoms with Gasteiger partial charge in [0.25, 0.3) is 0 Å². The minimum absolute atomic E-state index is 0.187. The van der Waals surface area contributed by atoms with Crippen LogP contribution in [0.15, 0.2) is 42.9 Å². The van der Waals surface area contributed by atoms with E-state index in [2.05, 4.69) is 67.9 Å². The van der Waals surface area contributed by atoms with E-state index >= 15 is 0 Å². The van der Waals surface area contributed by atoms with Crippen LogP contribution in [0.5, 0.6) is 0 Å². The van der Waals surface area contributed by atoms with Gasteiger partial charge in [-0.05, 0) is 56.6 Å². The van der Waals surface area contributed by atoms with Gasteiger partial charge < -0.3 is 10.6 Å².